The van der Waals surface area contributed by atoms with Gasteiger partial charge in [0.05, 0.1) is 17.6 Å². The van der Waals surface area contributed by atoms with E-state index in [4.69, 9.17) is 21.1 Å². The van der Waals surface area contributed by atoms with Crippen LogP contribution in [-0.4, -0.2) is 63.7 Å². The van der Waals surface area contributed by atoms with E-state index in [1.807, 2.05) is 0 Å². The molecule has 0 radical (unpaired) electrons. The molecule has 2 aromatic carbocycles. The molecule has 1 saturated heterocycles. The van der Waals surface area contributed by atoms with Crippen LogP contribution in [0.2, 0.25) is 5.02 Å². The molecule has 0 spiro atoms. The number of carbonyl (C=O) groups is 1. The van der Waals surface area contributed by atoms with Crippen LogP contribution in [0.25, 0.3) is 11.1 Å². The molecule has 0 saturated carbocycles. The Balaban J connectivity index is 0.00000300. The quantitative estimate of drug-likeness (QED) is 0.358. The van der Waals surface area contributed by atoms with E-state index < -0.39 is 43.3 Å². The van der Waals surface area contributed by atoms with Crippen molar-refractivity contribution in [2.45, 2.75) is 30.7 Å². The van der Waals surface area contributed by atoms with Crippen LogP contribution in [0.1, 0.15) is 10.4 Å². The van der Waals surface area contributed by atoms with Crippen molar-refractivity contribution in [3.8, 4) is 16.9 Å². The molecule has 1 aliphatic rings. The first-order valence-corrected chi connectivity index (χ1v) is 8.78. The largest absolute Gasteiger partial charge is 1.00 e. The van der Waals surface area contributed by atoms with E-state index in [0.717, 1.165) is 0 Å². The number of carbonyl (C=O) groups excluding carboxylic acids is 1. The van der Waals surface area contributed by atoms with Gasteiger partial charge in [0.15, 0.2) is 0 Å². The van der Waals surface area contributed by atoms with Crippen molar-refractivity contribution in [2.24, 2.45) is 0 Å². The van der Waals surface area contributed by atoms with Gasteiger partial charge in [-0.1, -0.05) is 41.9 Å². The molecule has 150 valence electrons. The minimum Gasteiger partial charge on any atom is -0.545 e. The summed E-state index contributed by atoms with van der Waals surface area (Å²) in [4.78, 5) is 10.8. The fourth-order valence-electron chi connectivity index (χ4n) is 2.86. The average Bonchev–Trinajstić information content (AvgIpc) is 2.69. The van der Waals surface area contributed by atoms with E-state index >= 15 is 0 Å². The number of ether oxygens (including phenoxy) is 2. The third-order valence-electron chi connectivity index (χ3n) is 4.48. The zero-order valence-corrected chi connectivity index (χ0v) is 18.2. The molecule has 2 aromatic rings. The monoisotopic (exact) mass is 432 g/mol. The summed E-state index contributed by atoms with van der Waals surface area (Å²) in [5.41, 5.74) is 1.46. The first kappa shape index (κ1) is 24.1. The maximum absolute atomic E-state index is 10.8. The first-order chi connectivity index (χ1) is 13.3. The van der Waals surface area contributed by atoms with Crippen LogP contribution in [0.15, 0.2) is 42.5 Å². The Bertz CT molecular complexity index is 845. The number of hydrogen-bond donors (Lipinski definition) is 4. The summed E-state index contributed by atoms with van der Waals surface area (Å²) in [6, 6.07) is 10.8. The Morgan fingerprint density at radius 1 is 1.03 bits per heavy atom. The van der Waals surface area contributed by atoms with E-state index in [9.17, 15) is 30.3 Å². The maximum atomic E-state index is 10.8. The summed E-state index contributed by atoms with van der Waals surface area (Å²) in [6.45, 7) is -0.570. The van der Waals surface area contributed by atoms with Gasteiger partial charge in [0, 0.05) is 0 Å². The predicted octanol–water partition coefficient (Wildman–Crippen LogP) is -3.45. The number of halogens is 1. The molecule has 10 heteroatoms. The smallest absolute Gasteiger partial charge is 0.545 e. The van der Waals surface area contributed by atoms with Crippen LogP contribution in [-0.2, 0) is 4.74 Å². The van der Waals surface area contributed by atoms with Crippen molar-refractivity contribution < 1.29 is 69.4 Å². The van der Waals surface area contributed by atoms with Crippen LogP contribution in [0.3, 0.4) is 0 Å². The van der Waals surface area contributed by atoms with Gasteiger partial charge < -0.3 is 39.8 Å². The molecule has 5 atom stereocenters. The molecule has 4 N–H and O–H groups in total. The Morgan fingerprint density at radius 2 is 1.66 bits per heavy atom. The minimum atomic E-state index is -1.56. The summed E-state index contributed by atoms with van der Waals surface area (Å²) in [5.74, 6) is -1.12. The van der Waals surface area contributed by atoms with Crippen LogP contribution < -0.4 is 39.4 Å². The fourth-order valence-corrected chi connectivity index (χ4v) is 3.09. The molecule has 8 nitrogen and oxygen atoms in total. The first-order valence-electron chi connectivity index (χ1n) is 8.40. The molecular weight excluding hydrogens is 415 g/mol. The number of rotatable bonds is 5. The molecule has 0 bridgehead atoms. The van der Waals surface area contributed by atoms with Gasteiger partial charge in [-0.05, 0) is 28.8 Å². The van der Waals surface area contributed by atoms with Crippen molar-refractivity contribution in [1.29, 1.82) is 0 Å². The average molecular weight is 433 g/mol. The van der Waals surface area contributed by atoms with Gasteiger partial charge in [0.2, 0.25) is 6.29 Å². The maximum Gasteiger partial charge on any atom is 1.00 e. The number of hydrogen-bond acceptors (Lipinski definition) is 8. The SMILES string of the molecule is O=C([O-])c1ccc(-c2ccc(O[C@@H]3O[C@H](CO)[C@@H](O)[C@H](O)[C@@H]3O)c(Cl)c2)cc1.[Na+]. The van der Waals surface area contributed by atoms with Gasteiger partial charge in [-0.25, -0.2) is 0 Å². The van der Waals surface area contributed by atoms with E-state index in [-0.39, 0.29) is 45.9 Å². The fraction of sp³-hybridized carbons (Fsp3) is 0.316. The van der Waals surface area contributed by atoms with Crippen LogP contribution in [0.5, 0.6) is 5.75 Å². The van der Waals surface area contributed by atoms with Crippen molar-refractivity contribution >= 4 is 17.6 Å². The Labute approximate surface area is 193 Å². The Hall–Kier alpha value is -1.20. The molecule has 1 aliphatic heterocycles. The van der Waals surface area contributed by atoms with Crippen molar-refractivity contribution in [3.63, 3.8) is 0 Å². The number of aromatic carboxylic acids is 1. The van der Waals surface area contributed by atoms with Gasteiger partial charge >= 0.3 is 29.6 Å². The number of benzene rings is 2. The zero-order chi connectivity index (χ0) is 20.4. The molecule has 3 rings (SSSR count). The van der Waals surface area contributed by atoms with Crippen LogP contribution in [0.4, 0.5) is 0 Å². The number of carboxylic acids is 1. The summed E-state index contributed by atoms with van der Waals surface area (Å²) in [5, 5.41) is 49.9. The molecule has 0 aliphatic carbocycles. The van der Waals surface area contributed by atoms with Crippen LogP contribution >= 0.6 is 11.6 Å². The predicted molar refractivity (Wildman–Crippen MR) is 95.6 cm³/mol. The van der Waals surface area contributed by atoms with Crippen molar-refractivity contribution in [3.05, 3.63) is 53.1 Å². The number of aliphatic hydroxyl groups excluding tert-OH is 4. The Morgan fingerprint density at radius 3 is 2.21 bits per heavy atom. The molecule has 0 unspecified atom stereocenters. The van der Waals surface area contributed by atoms with Gasteiger partial charge in [0.25, 0.3) is 0 Å². The van der Waals surface area contributed by atoms with Gasteiger partial charge in [-0.2, -0.15) is 0 Å². The van der Waals surface area contributed by atoms with Crippen molar-refractivity contribution in [1.82, 2.24) is 0 Å². The van der Waals surface area contributed by atoms with E-state index in [1.54, 1.807) is 24.3 Å². The second kappa shape index (κ2) is 10.2. The Kier molecular flexibility index (Phi) is 8.48. The molecule has 0 amide bonds. The topological polar surface area (TPSA) is 140 Å². The third-order valence-corrected chi connectivity index (χ3v) is 4.77. The third kappa shape index (κ3) is 5.29. The summed E-state index contributed by atoms with van der Waals surface area (Å²) >= 11 is 6.24. The van der Waals surface area contributed by atoms with E-state index in [0.29, 0.717) is 11.1 Å². The second-order valence-electron chi connectivity index (χ2n) is 6.33. The zero-order valence-electron chi connectivity index (χ0n) is 15.4. The van der Waals surface area contributed by atoms with Crippen LogP contribution in [0, 0.1) is 0 Å². The number of aliphatic hydroxyl groups is 4. The normalized spacial score (nSPS) is 26.4. The molecular formula is C19H18ClNaO8. The summed E-state index contributed by atoms with van der Waals surface area (Å²) < 4.78 is 10.8. The molecule has 1 fully saturated rings. The number of carboxylic acid groups (broad SMARTS) is 1. The van der Waals surface area contributed by atoms with Gasteiger partial charge in [-0.15, -0.1) is 0 Å². The van der Waals surface area contributed by atoms with E-state index in [1.165, 1.54) is 18.2 Å². The second-order valence-corrected chi connectivity index (χ2v) is 6.73. The summed E-state index contributed by atoms with van der Waals surface area (Å²) in [6.07, 6.45) is -7.03. The van der Waals surface area contributed by atoms with Gasteiger partial charge in [-0.3, -0.25) is 0 Å². The molecule has 1 heterocycles. The molecule has 0 aromatic heterocycles. The standard InChI is InChI=1S/C19H19ClO8.Na/c20-12-7-11(9-1-3-10(4-2-9)18(25)26)5-6-13(12)27-19-17(24)16(23)15(22)14(8-21)28-19;/h1-7,14-17,19,21-24H,8H2,(H,25,26);/q;+1/p-1/t14-,15-,16+,17+,19-;/m1./s1. The molecule has 29 heavy (non-hydrogen) atoms. The summed E-state index contributed by atoms with van der Waals surface area (Å²) in [7, 11) is 0. The minimum absolute atomic E-state index is 0. The van der Waals surface area contributed by atoms with E-state index in [2.05, 4.69) is 0 Å². The van der Waals surface area contributed by atoms with Crippen molar-refractivity contribution in [2.75, 3.05) is 6.61 Å². The van der Waals surface area contributed by atoms with Gasteiger partial charge in [0.1, 0.15) is 30.2 Å².